The standard InChI is InChI=1S/C39H57N3O7/c1-8-11-16-23-41(22-10-3)37(46)35-39-21-20-30(49-39)32(33(39)36(45)42(35)29(25-43)24-26(4)5)38(47)48-34(28-17-14-13-15-18-28)27(6)40(7)31(44)19-12-9-2/h9-10,13-15,17-18,26-27,29-30,32-35,43H,2-3,8,11-12,16,19-25H2,1,4-7H3/t27-,29-,30-,32+,33+,34+,35-,39+/m1/s1. The second-order valence-corrected chi connectivity index (χ2v) is 14.4. The number of rotatable bonds is 19. The third-order valence-electron chi connectivity index (χ3n) is 10.7. The molecule has 3 saturated heterocycles. The van der Waals surface area contributed by atoms with E-state index in [9.17, 15) is 24.3 Å². The molecule has 3 amide bonds. The van der Waals surface area contributed by atoms with Gasteiger partial charge in [-0.1, -0.05) is 76.1 Å². The Balaban J connectivity index is 1.71. The zero-order valence-electron chi connectivity index (χ0n) is 30.1. The minimum atomic E-state index is -1.22. The molecular formula is C39H57N3O7. The molecule has 49 heavy (non-hydrogen) atoms. The molecule has 0 saturated carbocycles. The highest BCUT2D eigenvalue weighted by molar-refractivity contribution is 5.98. The van der Waals surface area contributed by atoms with Crippen molar-refractivity contribution < 1.29 is 33.8 Å². The van der Waals surface area contributed by atoms with Gasteiger partial charge in [-0.05, 0) is 50.5 Å². The van der Waals surface area contributed by atoms with Crippen molar-refractivity contribution in [3.63, 3.8) is 0 Å². The molecule has 3 fully saturated rings. The summed E-state index contributed by atoms with van der Waals surface area (Å²) in [6.45, 7) is 16.1. The van der Waals surface area contributed by atoms with Gasteiger partial charge in [0.15, 0.2) is 0 Å². The summed E-state index contributed by atoms with van der Waals surface area (Å²) in [5.74, 6) is -3.00. The quantitative estimate of drug-likeness (QED) is 0.123. The highest BCUT2D eigenvalue weighted by Crippen LogP contribution is 2.59. The maximum atomic E-state index is 14.7. The molecule has 8 atom stereocenters. The van der Waals surface area contributed by atoms with Crippen molar-refractivity contribution in [2.45, 2.75) is 115 Å². The largest absolute Gasteiger partial charge is 0.455 e. The van der Waals surface area contributed by atoms with E-state index in [1.165, 1.54) is 0 Å². The van der Waals surface area contributed by atoms with Crippen LogP contribution in [0.2, 0.25) is 0 Å². The Bertz CT molecular complexity index is 1330. The zero-order chi connectivity index (χ0) is 35.9. The van der Waals surface area contributed by atoms with Crippen molar-refractivity contribution in [3.05, 3.63) is 61.2 Å². The molecule has 1 spiro atoms. The number of amides is 3. The van der Waals surface area contributed by atoms with Gasteiger partial charge in [0.2, 0.25) is 17.7 Å². The van der Waals surface area contributed by atoms with E-state index in [0.29, 0.717) is 38.8 Å². The van der Waals surface area contributed by atoms with Crippen LogP contribution in [-0.4, -0.2) is 100 Å². The number of hydrogen-bond donors (Lipinski definition) is 1. The summed E-state index contributed by atoms with van der Waals surface area (Å²) in [6.07, 6.45) is 6.99. The average molecular weight is 680 g/mol. The molecule has 270 valence electrons. The fraction of sp³-hybridized carbons (Fsp3) is 0.641. The summed E-state index contributed by atoms with van der Waals surface area (Å²) in [7, 11) is 1.70. The number of aliphatic hydroxyl groups is 1. The van der Waals surface area contributed by atoms with E-state index in [1.807, 2.05) is 51.1 Å². The van der Waals surface area contributed by atoms with Gasteiger partial charge in [0.25, 0.3) is 0 Å². The van der Waals surface area contributed by atoms with E-state index in [-0.39, 0.29) is 36.7 Å². The van der Waals surface area contributed by atoms with Crippen LogP contribution in [0.3, 0.4) is 0 Å². The summed E-state index contributed by atoms with van der Waals surface area (Å²) in [5, 5.41) is 10.6. The summed E-state index contributed by atoms with van der Waals surface area (Å²) < 4.78 is 13.0. The lowest BCUT2D eigenvalue weighted by molar-refractivity contribution is -0.165. The molecule has 0 radical (unpaired) electrons. The second-order valence-electron chi connectivity index (χ2n) is 14.4. The van der Waals surface area contributed by atoms with Gasteiger partial charge in [-0.2, -0.15) is 0 Å². The predicted molar refractivity (Wildman–Crippen MR) is 188 cm³/mol. The maximum Gasteiger partial charge on any atom is 0.313 e. The van der Waals surface area contributed by atoms with Crippen molar-refractivity contribution in [1.29, 1.82) is 0 Å². The molecule has 1 aromatic carbocycles. The first-order chi connectivity index (χ1) is 23.5. The van der Waals surface area contributed by atoms with Crippen LogP contribution in [0.4, 0.5) is 0 Å². The lowest BCUT2D eigenvalue weighted by atomic mass is 9.70. The van der Waals surface area contributed by atoms with E-state index in [1.54, 1.807) is 33.9 Å². The minimum absolute atomic E-state index is 0.0993. The van der Waals surface area contributed by atoms with Gasteiger partial charge in [-0.3, -0.25) is 19.2 Å². The highest BCUT2D eigenvalue weighted by Gasteiger charge is 2.75. The number of aliphatic hydroxyl groups excluding tert-OH is 1. The summed E-state index contributed by atoms with van der Waals surface area (Å²) in [6, 6.07) is 7.18. The van der Waals surface area contributed by atoms with E-state index in [0.717, 1.165) is 24.8 Å². The number of allylic oxidation sites excluding steroid dienone is 1. The lowest BCUT2D eigenvalue weighted by Gasteiger charge is -2.39. The van der Waals surface area contributed by atoms with Crippen molar-refractivity contribution >= 4 is 23.7 Å². The van der Waals surface area contributed by atoms with Crippen molar-refractivity contribution in [2.24, 2.45) is 17.8 Å². The van der Waals surface area contributed by atoms with E-state index in [2.05, 4.69) is 20.1 Å². The smallest absolute Gasteiger partial charge is 0.313 e. The fourth-order valence-corrected chi connectivity index (χ4v) is 8.15. The van der Waals surface area contributed by atoms with E-state index < -0.39 is 53.7 Å². The number of hydrogen-bond acceptors (Lipinski definition) is 7. The van der Waals surface area contributed by atoms with E-state index in [4.69, 9.17) is 9.47 Å². The van der Waals surface area contributed by atoms with E-state index >= 15 is 0 Å². The highest BCUT2D eigenvalue weighted by atomic mass is 16.6. The topological polar surface area (TPSA) is 117 Å². The van der Waals surface area contributed by atoms with Crippen LogP contribution in [0.15, 0.2) is 55.6 Å². The average Bonchev–Trinajstić information content (AvgIpc) is 3.74. The van der Waals surface area contributed by atoms with Gasteiger partial charge in [0.1, 0.15) is 17.7 Å². The normalized spacial score (nSPS) is 25.9. The van der Waals surface area contributed by atoms with Gasteiger partial charge in [-0.25, -0.2) is 0 Å². The Morgan fingerprint density at radius 1 is 1.14 bits per heavy atom. The Morgan fingerprint density at radius 2 is 1.86 bits per heavy atom. The van der Waals surface area contributed by atoms with Gasteiger partial charge in [-0.15, -0.1) is 13.2 Å². The number of unbranched alkanes of at least 4 members (excludes halogenated alkanes) is 2. The summed E-state index contributed by atoms with van der Waals surface area (Å²) in [4.78, 5) is 61.6. The molecule has 0 unspecified atom stereocenters. The Hall–Kier alpha value is -3.50. The third kappa shape index (κ3) is 7.80. The number of likely N-dealkylation sites (tertiary alicyclic amines) is 1. The molecule has 4 rings (SSSR count). The number of ether oxygens (including phenoxy) is 2. The lowest BCUT2D eigenvalue weighted by Crippen LogP contribution is -2.59. The molecule has 10 heteroatoms. The first-order valence-electron chi connectivity index (χ1n) is 18.1. The van der Waals surface area contributed by atoms with Gasteiger partial charge in [0, 0.05) is 26.6 Å². The number of esters is 1. The van der Waals surface area contributed by atoms with Crippen molar-refractivity contribution in [1.82, 2.24) is 14.7 Å². The number of carbonyl (C=O) groups excluding carboxylic acids is 4. The molecule has 2 bridgehead atoms. The van der Waals surface area contributed by atoms with Crippen molar-refractivity contribution in [3.8, 4) is 0 Å². The first-order valence-corrected chi connectivity index (χ1v) is 18.1. The fourth-order valence-electron chi connectivity index (χ4n) is 8.15. The molecule has 0 aliphatic carbocycles. The van der Waals surface area contributed by atoms with Crippen molar-refractivity contribution in [2.75, 3.05) is 26.7 Å². The Morgan fingerprint density at radius 3 is 2.47 bits per heavy atom. The number of carbonyl (C=O) groups is 4. The Labute approximate surface area is 292 Å². The summed E-state index contributed by atoms with van der Waals surface area (Å²) >= 11 is 0. The van der Waals surface area contributed by atoms with Crippen LogP contribution in [0.1, 0.15) is 90.7 Å². The molecular weight excluding hydrogens is 622 g/mol. The SMILES string of the molecule is C=CCCC(=O)N(C)[C@H](C)[C@H](OC(=O)[C@@H]1[C@H]2C(=O)N([C@@H](CO)CC(C)C)[C@H](C(=O)N(CC=C)CCCCC)[C@]23CC[C@H]1O3)c1ccccc1. The number of fused-ring (bicyclic) bond motifs is 1. The van der Waals surface area contributed by atoms with Crippen LogP contribution >= 0.6 is 0 Å². The van der Waals surface area contributed by atoms with Crippen LogP contribution in [0.25, 0.3) is 0 Å². The molecule has 3 aliphatic rings. The second kappa shape index (κ2) is 16.9. The molecule has 0 aromatic heterocycles. The predicted octanol–water partition coefficient (Wildman–Crippen LogP) is 5.07. The van der Waals surface area contributed by atoms with Gasteiger partial charge in [0.05, 0.1) is 36.6 Å². The number of nitrogens with zero attached hydrogens (tertiary/aromatic N) is 3. The van der Waals surface area contributed by atoms with Crippen LogP contribution in [0.5, 0.6) is 0 Å². The molecule has 3 heterocycles. The Kier molecular flexibility index (Phi) is 13.2. The molecule has 1 N–H and O–H groups in total. The first kappa shape index (κ1) is 38.3. The number of benzene rings is 1. The van der Waals surface area contributed by atoms with Gasteiger partial charge < -0.3 is 29.3 Å². The molecule has 10 nitrogen and oxygen atoms in total. The minimum Gasteiger partial charge on any atom is -0.455 e. The maximum absolute atomic E-state index is 14.7. The van der Waals surface area contributed by atoms with Crippen LogP contribution < -0.4 is 0 Å². The summed E-state index contributed by atoms with van der Waals surface area (Å²) in [5.41, 5.74) is -0.495. The number of likely N-dealkylation sites (N-methyl/N-ethyl adjacent to an activating group) is 1. The third-order valence-corrected chi connectivity index (χ3v) is 10.7. The zero-order valence-corrected chi connectivity index (χ0v) is 30.1. The molecule has 1 aromatic rings. The van der Waals surface area contributed by atoms with Gasteiger partial charge >= 0.3 is 5.97 Å². The molecule has 3 aliphatic heterocycles. The van der Waals surface area contributed by atoms with Crippen LogP contribution in [0, 0.1) is 17.8 Å². The van der Waals surface area contributed by atoms with Crippen LogP contribution in [-0.2, 0) is 28.7 Å². The monoisotopic (exact) mass is 679 g/mol.